The highest BCUT2D eigenvalue weighted by atomic mass is 32.1. The van der Waals surface area contributed by atoms with Crippen LogP contribution in [-0.4, -0.2) is 21.2 Å². The van der Waals surface area contributed by atoms with Crippen molar-refractivity contribution in [3.05, 3.63) is 42.0 Å². The van der Waals surface area contributed by atoms with E-state index in [-0.39, 0.29) is 11.6 Å². The number of hydrogen-bond acceptors (Lipinski definition) is 6. The van der Waals surface area contributed by atoms with Crippen molar-refractivity contribution in [2.24, 2.45) is 14.1 Å². The first kappa shape index (κ1) is 17.0. The monoisotopic (exact) mass is 333 g/mol. The van der Waals surface area contributed by atoms with E-state index in [0.717, 1.165) is 20.1 Å². The van der Waals surface area contributed by atoms with Gasteiger partial charge in [0.15, 0.2) is 5.56 Å². The molecule has 0 aliphatic rings. The molecule has 122 valence electrons. The third kappa shape index (κ3) is 2.68. The van der Waals surface area contributed by atoms with E-state index in [1.54, 1.807) is 30.3 Å². The minimum Gasteiger partial charge on any atom is -0.352 e. The zero-order valence-corrected chi connectivity index (χ0v) is 14.9. The van der Waals surface area contributed by atoms with Crippen LogP contribution in [0.5, 0.6) is 0 Å². The maximum atomic E-state index is 12.2. The lowest BCUT2D eigenvalue weighted by atomic mass is 10.2. The summed E-state index contributed by atoms with van der Waals surface area (Å²) >= 11 is 1.57. The smallest absolute Gasteiger partial charge is 0.332 e. The third-order valence-electron chi connectivity index (χ3n) is 3.98. The SMILES string of the molecule is Cc1nc(C)c([C@@H](C)N(C)c2c(C#N)c(=O)n(C)c(=O)n2C)s1. The summed E-state index contributed by atoms with van der Waals surface area (Å²) in [6.07, 6.45) is 0. The molecule has 8 heteroatoms. The molecule has 2 heterocycles. The maximum Gasteiger partial charge on any atom is 0.332 e. The fourth-order valence-corrected chi connectivity index (χ4v) is 3.66. The molecule has 23 heavy (non-hydrogen) atoms. The van der Waals surface area contributed by atoms with Crippen molar-refractivity contribution < 1.29 is 0 Å². The molecule has 0 N–H and O–H groups in total. The Kier molecular flexibility index (Phi) is 4.43. The Morgan fingerprint density at radius 3 is 2.35 bits per heavy atom. The van der Waals surface area contributed by atoms with Crippen LogP contribution < -0.4 is 16.1 Å². The molecule has 0 unspecified atom stereocenters. The minimum absolute atomic E-state index is 0.0390. The predicted octanol–water partition coefficient (Wildman–Crippen LogP) is 1.23. The van der Waals surface area contributed by atoms with Crippen LogP contribution in [0.3, 0.4) is 0 Å². The zero-order valence-electron chi connectivity index (χ0n) is 14.0. The average molecular weight is 333 g/mol. The Morgan fingerprint density at radius 1 is 1.26 bits per heavy atom. The van der Waals surface area contributed by atoms with E-state index in [1.807, 2.05) is 26.8 Å². The molecule has 0 aliphatic carbocycles. The Bertz CT molecular complexity index is 916. The van der Waals surface area contributed by atoms with Gasteiger partial charge in [-0.15, -0.1) is 11.3 Å². The molecular formula is C15H19N5O2S. The average Bonchev–Trinajstić information content (AvgIpc) is 2.85. The number of thiazole rings is 1. The van der Waals surface area contributed by atoms with Crippen molar-refractivity contribution in [2.45, 2.75) is 26.8 Å². The lowest BCUT2D eigenvalue weighted by Crippen LogP contribution is -2.42. The number of aryl methyl sites for hydroxylation is 2. The van der Waals surface area contributed by atoms with Gasteiger partial charge in [-0.3, -0.25) is 13.9 Å². The summed E-state index contributed by atoms with van der Waals surface area (Å²) in [7, 11) is 4.70. The number of hydrogen-bond donors (Lipinski definition) is 0. The van der Waals surface area contributed by atoms with Crippen molar-refractivity contribution in [1.82, 2.24) is 14.1 Å². The second kappa shape index (κ2) is 6.01. The van der Waals surface area contributed by atoms with Gasteiger partial charge in [-0.2, -0.15) is 5.26 Å². The van der Waals surface area contributed by atoms with Gasteiger partial charge in [-0.05, 0) is 20.8 Å². The van der Waals surface area contributed by atoms with Gasteiger partial charge in [0, 0.05) is 26.0 Å². The molecule has 0 saturated carbocycles. The second-order valence-electron chi connectivity index (χ2n) is 5.49. The normalized spacial score (nSPS) is 12.0. The molecule has 2 aromatic heterocycles. The van der Waals surface area contributed by atoms with E-state index in [2.05, 4.69) is 4.98 Å². The van der Waals surface area contributed by atoms with Crippen LogP contribution in [0.25, 0.3) is 0 Å². The molecule has 0 amide bonds. The molecule has 7 nitrogen and oxygen atoms in total. The van der Waals surface area contributed by atoms with Crippen LogP contribution in [0, 0.1) is 25.2 Å². The lowest BCUT2D eigenvalue weighted by molar-refractivity contribution is 0.641. The molecule has 0 radical (unpaired) electrons. The van der Waals surface area contributed by atoms with E-state index in [9.17, 15) is 14.9 Å². The van der Waals surface area contributed by atoms with Crippen LogP contribution in [0.15, 0.2) is 9.59 Å². The first-order valence-electron chi connectivity index (χ1n) is 7.07. The molecule has 0 aromatic carbocycles. The highest BCUT2D eigenvalue weighted by Crippen LogP contribution is 2.31. The molecule has 0 spiro atoms. The molecule has 0 fully saturated rings. The number of nitrogens with zero attached hydrogens (tertiary/aromatic N) is 5. The summed E-state index contributed by atoms with van der Waals surface area (Å²) in [6.45, 7) is 5.82. The number of anilines is 1. The van der Waals surface area contributed by atoms with Gasteiger partial charge in [-0.25, -0.2) is 9.78 Å². The second-order valence-corrected chi connectivity index (χ2v) is 6.72. The Hall–Kier alpha value is -2.40. The van der Waals surface area contributed by atoms with Gasteiger partial charge in [-0.1, -0.05) is 0 Å². The zero-order chi connectivity index (χ0) is 17.5. The van der Waals surface area contributed by atoms with Crippen LogP contribution in [-0.2, 0) is 14.1 Å². The van der Waals surface area contributed by atoms with Gasteiger partial charge < -0.3 is 4.90 Å². The molecule has 1 atom stereocenters. The van der Waals surface area contributed by atoms with Gasteiger partial charge in [0.1, 0.15) is 11.9 Å². The fraction of sp³-hybridized carbons (Fsp3) is 0.467. The van der Waals surface area contributed by atoms with Crippen molar-refractivity contribution >= 4 is 17.2 Å². The summed E-state index contributed by atoms with van der Waals surface area (Å²) in [5.74, 6) is 0.318. The molecule has 0 bridgehead atoms. The topological polar surface area (TPSA) is 83.9 Å². The van der Waals surface area contributed by atoms with Crippen LogP contribution >= 0.6 is 11.3 Å². The Labute approximate surface area is 138 Å². The lowest BCUT2D eigenvalue weighted by Gasteiger charge is -2.28. The summed E-state index contributed by atoms with van der Waals surface area (Å²) < 4.78 is 2.28. The van der Waals surface area contributed by atoms with Gasteiger partial charge in [0.25, 0.3) is 5.56 Å². The number of rotatable bonds is 3. The summed E-state index contributed by atoms with van der Waals surface area (Å²) in [6, 6.07) is 1.81. The Morgan fingerprint density at radius 2 is 1.87 bits per heavy atom. The summed E-state index contributed by atoms with van der Waals surface area (Å²) in [5.41, 5.74) is -0.163. The minimum atomic E-state index is -0.582. The van der Waals surface area contributed by atoms with Crippen LogP contribution in [0.2, 0.25) is 0 Å². The van der Waals surface area contributed by atoms with E-state index in [4.69, 9.17) is 0 Å². The fourth-order valence-electron chi connectivity index (χ4n) is 2.64. The molecular weight excluding hydrogens is 314 g/mol. The van der Waals surface area contributed by atoms with Crippen LogP contribution in [0.1, 0.15) is 34.1 Å². The highest BCUT2D eigenvalue weighted by molar-refractivity contribution is 7.11. The maximum absolute atomic E-state index is 12.2. The van der Waals surface area contributed by atoms with Crippen molar-refractivity contribution in [3.8, 4) is 6.07 Å². The molecule has 0 aliphatic heterocycles. The predicted molar refractivity (Wildman–Crippen MR) is 90.0 cm³/mol. The van der Waals surface area contributed by atoms with Gasteiger partial charge in [0.2, 0.25) is 0 Å². The first-order valence-corrected chi connectivity index (χ1v) is 7.89. The quantitative estimate of drug-likeness (QED) is 0.843. The number of nitriles is 1. The third-order valence-corrected chi connectivity index (χ3v) is 5.22. The van der Waals surface area contributed by atoms with E-state index < -0.39 is 11.2 Å². The largest absolute Gasteiger partial charge is 0.352 e. The standard InChI is InChI=1S/C15H19N5O2S/c1-8-12(23-10(3)17-8)9(2)18(4)13-11(7-16)14(21)20(6)15(22)19(13)5/h9H,1-6H3/t9-/m1/s1. The Balaban J connectivity index is 2.67. The number of aromatic nitrogens is 3. The summed E-state index contributed by atoms with van der Waals surface area (Å²) in [4.78, 5) is 31.6. The van der Waals surface area contributed by atoms with Crippen LogP contribution in [0.4, 0.5) is 5.82 Å². The van der Waals surface area contributed by atoms with E-state index in [0.29, 0.717) is 5.82 Å². The van der Waals surface area contributed by atoms with Gasteiger partial charge >= 0.3 is 5.69 Å². The molecule has 2 aromatic rings. The summed E-state index contributed by atoms with van der Waals surface area (Å²) in [5, 5.41) is 10.3. The van der Waals surface area contributed by atoms with Gasteiger partial charge in [0.05, 0.1) is 16.7 Å². The van der Waals surface area contributed by atoms with E-state index in [1.165, 1.54) is 11.6 Å². The van der Waals surface area contributed by atoms with E-state index >= 15 is 0 Å². The van der Waals surface area contributed by atoms with Crippen molar-refractivity contribution in [3.63, 3.8) is 0 Å². The first-order chi connectivity index (χ1) is 10.7. The molecule has 2 rings (SSSR count). The van der Waals surface area contributed by atoms with Crippen molar-refractivity contribution in [2.75, 3.05) is 11.9 Å². The molecule has 0 saturated heterocycles. The van der Waals surface area contributed by atoms with Crippen molar-refractivity contribution in [1.29, 1.82) is 5.26 Å². The highest BCUT2D eigenvalue weighted by Gasteiger charge is 2.24.